The van der Waals surface area contributed by atoms with Crippen LogP contribution in [-0.4, -0.2) is 10.9 Å². The molecule has 0 saturated carbocycles. The molecule has 0 amide bonds. The zero-order valence-corrected chi connectivity index (χ0v) is 15.9. The molecule has 1 atom stereocenters. The number of ketones is 1. The van der Waals surface area contributed by atoms with E-state index in [-0.39, 0.29) is 30.0 Å². The van der Waals surface area contributed by atoms with Crippen molar-refractivity contribution in [2.45, 2.75) is 32.6 Å². The molecule has 4 heteroatoms. The summed E-state index contributed by atoms with van der Waals surface area (Å²) >= 11 is 0. The summed E-state index contributed by atoms with van der Waals surface area (Å²) in [5, 5.41) is 33.1. The van der Waals surface area contributed by atoms with Crippen LogP contribution in [0.15, 0.2) is 65.4 Å². The van der Waals surface area contributed by atoms with Crippen molar-refractivity contribution in [2.75, 3.05) is 0 Å². The summed E-state index contributed by atoms with van der Waals surface area (Å²) in [6.07, 6.45) is 2.18. The Morgan fingerprint density at radius 3 is 2.43 bits per heavy atom. The van der Waals surface area contributed by atoms with E-state index in [1.54, 1.807) is 0 Å². The lowest BCUT2D eigenvalue weighted by Gasteiger charge is -2.41. The number of nitriles is 2. The van der Waals surface area contributed by atoms with Crippen molar-refractivity contribution in [1.82, 2.24) is 0 Å². The fourth-order valence-corrected chi connectivity index (χ4v) is 4.52. The number of fused-ring (bicyclic) bond motifs is 2. The van der Waals surface area contributed by atoms with Gasteiger partial charge in [0, 0.05) is 18.8 Å². The van der Waals surface area contributed by atoms with Crippen LogP contribution in [0.25, 0.3) is 10.8 Å². The van der Waals surface area contributed by atoms with Gasteiger partial charge in [-0.25, -0.2) is 0 Å². The predicted molar refractivity (Wildman–Crippen MR) is 106 cm³/mol. The van der Waals surface area contributed by atoms with E-state index in [2.05, 4.69) is 12.1 Å². The summed E-state index contributed by atoms with van der Waals surface area (Å²) in [6.45, 7) is 3.82. The van der Waals surface area contributed by atoms with Crippen LogP contribution in [-0.2, 0) is 4.79 Å². The lowest BCUT2D eigenvalue weighted by molar-refractivity contribution is -0.117. The predicted octanol–water partition coefficient (Wildman–Crippen LogP) is 5.10. The quantitative estimate of drug-likeness (QED) is 0.759. The fourth-order valence-electron chi connectivity index (χ4n) is 4.52. The van der Waals surface area contributed by atoms with Gasteiger partial charge in [-0.15, -0.1) is 0 Å². The maximum absolute atomic E-state index is 12.7. The molecule has 2 aromatic carbocycles. The highest BCUT2D eigenvalue weighted by Gasteiger charge is 2.53. The molecule has 0 unspecified atom stereocenters. The number of aliphatic hydroxyl groups excluding tert-OH is 1. The topological polar surface area (TPSA) is 84.9 Å². The number of allylic oxidation sites excluding steroid dienone is 4. The number of benzene rings is 2. The van der Waals surface area contributed by atoms with Crippen LogP contribution in [0.2, 0.25) is 0 Å². The number of rotatable bonds is 1. The van der Waals surface area contributed by atoms with Crippen molar-refractivity contribution in [3.05, 3.63) is 71.0 Å². The number of nitrogens with zero attached hydrogens (tertiary/aromatic N) is 2. The summed E-state index contributed by atoms with van der Waals surface area (Å²) in [5.41, 5.74) is -0.651. The highest BCUT2D eigenvalue weighted by Crippen LogP contribution is 2.55. The minimum Gasteiger partial charge on any atom is -0.512 e. The second-order valence-corrected chi connectivity index (χ2v) is 8.36. The van der Waals surface area contributed by atoms with Gasteiger partial charge in [-0.2, -0.15) is 10.5 Å². The van der Waals surface area contributed by atoms with Gasteiger partial charge in [0.05, 0.1) is 17.7 Å². The van der Waals surface area contributed by atoms with E-state index in [4.69, 9.17) is 0 Å². The van der Waals surface area contributed by atoms with Crippen molar-refractivity contribution in [2.24, 2.45) is 10.8 Å². The normalized spacial score (nSPS) is 22.8. The molecule has 0 bridgehead atoms. The molecule has 28 heavy (non-hydrogen) atoms. The number of carbonyl (C=O) groups is 1. The molecule has 0 radical (unpaired) electrons. The van der Waals surface area contributed by atoms with Crippen molar-refractivity contribution in [3.63, 3.8) is 0 Å². The lowest BCUT2D eigenvalue weighted by Crippen LogP contribution is -2.39. The summed E-state index contributed by atoms with van der Waals surface area (Å²) in [7, 11) is 0. The van der Waals surface area contributed by atoms with E-state index in [1.807, 2.05) is 62.4 Å². The van der Waals surface area contributed by atoms with E-state index in [0.29, 0.717) is 5.57 Å². The van der Waals surface area contributed by atoms with Crippen LogP contribution < -0.4 is 0 Å². The highest BCUT2D eigenvalue weighted by molar-refractivity contribution is 6.03. The molecule has 2 aromatic rings. The number of carbonyl (C=O) groups excluding carboxylic acids is 1. The maximum atomic E-state index is 12.7. The van der Waals surface area contributed by atoms with Gasteiger partial charge in [0.2, 0.25) is 0 Å². The van der Waals surface area contributed by atoms with Gasteiger partial charge in [-0.3, -0.25) is 4.79 Å². The van der Waals surface area contributed by atoms with Crippen molar-refractivity contribution in [3.8, 4) is 12.1 Å². The number of aliphatic hydroxyl groups is 1. The van der Waals surface area contributed by atoms with Crippen LogP contribution in [0, 0.1) is 33.5 Å². The van der Waals surface area contributed by atoms with Gasteiger partial charge < -0.3 is 5.11 Å². The van der Waals surface area contributed by atoms with Gasteiger partial charge in [-0.1, -0.05) is 62.4 Å². The highest BCUT2D eigenvalue weighted by atomic mass is 16.3. The Hall–Kier alpha value is -3.37. The number of hydrogen-bond donors (Lipinski definition) is 1. The van der Waals surface area contributed by atoms with Gasteiger partial charge in [0.15, 0.2) is 11.2 Å². The summed E-state index contributed by atoms with van der Waals surface area (Å²) in [6, 6.07) is 18.2. The summed E-state index contributed by atoms with van der Waals surface area (Å²) in [5.74, 6) is -0.776. The van der Waals surface area contributed by atoms with E-state index in [9.17, 15) is 20.4 Å². The molecular weight excluding hydrogens is 348 g/mol. The maximum Gasteiger partial charge on any atom is 0.176 e. The Balaban J connectivity index is 1.97. The van der Waals surface area contributed by atoms with Crippen LogP contribution in [0.4, 0.5) is 0 Å². The molecule has 0 aromatic heterocycles. The van der Waals surface area contributed by atoms with Crippen LogP contribution in [0.3, 0.4) is 0 Å². The molecule has 0 heterocycles. The van der Waals surface area contributed by atoms with Crippen LogP contribution in [0.5, 0.6) is 0 Å². The first kappa shape index (κ1) is 18.0. The van der Waals surface area contributed by atoms with Gasteiger partial charge in [-0.05, 0) is 27.3 Å². The number of Topliss-reactive ketones (excluding diaryl/α,β-unsaturated/α-hetero) is 1. The lowest BCUT2D eigenvalue weighted by atomic mass is 9.58. The van der Waals surface area contributed by atoms with Crippen LogP contribution in [0.1, 0.15) is 38.2 Å². The third-order valence-electron chi connectivity index (χ3n) is 5.86. The molecule has 0 saturated heterocycles. The zero-order valence-electron chi connectivity index (χ0n) is 15.9. The first-order valence-electron chi connectivity index (χ1n) is 9.31. The molecule has 1 N–H and O–H groups in total. The van der Waals surface area contributed by atoms with Crippen molar-refractivity contribution < 1.29 is 9.90 Å². The molecule has 138 valence electrons. The van der Waals surface area contributed by atoms with Gasteiger partial charge in [0.25, 0.3) is 0 Å². The zero-order chi connectivity index (χ0) is 20.1. The van der Waals surface area contributed by atoms with Crippen molar-refractivity contribution >= 4 is 16.6 Å². The minimum atomic E-state index is -1.52. The smallest absolute Gasteiger partial charge is 0.176 e. The Labute approximate surface area is 164 Å². The molecule has 4 nitrogen and oxygen atoms in total. The van der Waals surface area contributed by atoms with Crippen molar-refractivity contribution in [1.29, 1.82) is 10.5 Å². The fraction of sp³-hybridized carbons (Fsp3) is 0.292. The average Bonchev–Trinajstić information content (AvgIpc) is 2.66. The van der Waals surface area contributed by atoms with Crippen LogP contribution >= 0.6 is 0 Å². The van der Waals surface area contributed by atoms with Gasteiger partial charge >= 0.3 is 0 Å². The molecule has 0 fully saturated rings. The number of hydrogen-bond acceptors (Lipinski definition) is 4. The van der Waals surface area contributed by atoms with E-state index >= 15 is 0 Å². The molecular formula is C24H20N2O2. The Kier molecular flexibility index (Phi) is 3.91. The standard InChI is InChI=1S/C24H20N2O2/c1-23(2)11-19-22(21(28)12-23)20(27)10-18(24(19,13-25)14-26)17-8-7-15-5-3-4-6-16(15)9-17/h3-9,11,18,27H,10,12H2,1-2H3/t18-/m0/s1. The Morgan fingerprint density at radius 2 is 1.75 bits per heavy atom. The second kappa shape index (κ2) is 6.08. The molecule has 2 aliphatic rings. The van der Waals surface area contributed by atoms with E-state index < -0.39 is 16.7 Å². The molecule has 0 aliphatic heterocycles. The third-order valence-corrected chi connectivity index (χ3v) is 5.86. The largest absolute Gasteiger partial charge is 0.512 e. The van der Waals surface area contributed by atoms with E-state index in [1.165, 1.54) is 0 Å². The summed E-state index contributed by atoms with van der Waals surface area (Å²) < 4.78 is 0. The average molecular weight is 368 g/mol. The monoisotopic (exact) mass is 368 g/mol. The first-order valence-corrected chi connectivity index (χ1v) is 9.31. The van der Waals surface area contributed by atoms with Gasteiger partial charge in [0.1, 0.15) is 5.76 Å². The minimum absolute atomic E-state index is 0.0222. The first-order chi connectivity index (χ1) is 13.3. The Morgan fingerprint density at radius 1 is 1.07 bits per heavy atom. The Bertz CT molecular complexity index is 1140. The second-order valence-electron chi connectivity index (χ2n) is 8.36. The van der Waals surface area contributed by atoms with E-state index in [0.717, 1.165) is 16.3 Å². The summed E-state index contributed by atoms with van der Waals surface area (Å²) in [4.78, 5) is 12.7. The molecule has 0 spiro atoms. The third kappa shape index (κ3) is 2.53. The molecule has 4 rings (SSSR count). The SMILES string of the molecule is CC1(C)C=C2C(=C(O)C[C@@H](c3ccc4ccccc4c3)C2(C#N)C#N)C(=O)C1. The molecule has 2 aliphatic carbocycles.